The maximum absolute atomic E-state index is 11.7. The first-order chi connectivity index (χ1) is 18.5. The summed E-state index contributed by atoms with van der Waals surface area (Å²) in [5.41, 5.74) is 12.9. The number of primary amides is 1. The highest BCUT2D eigenvalue weighted by Gasteiger charge is 2.19. The summed E-state index contributed by atoms with van der Waals surface area (Å²) in [6, 6.07) is 16.0. The molecule has 0 spiro atoms. The molecule has 0 aliphatic carbocycles. The van der Waals surface area contributed by atoms with E-state index in [0.29, 0.717) is 31.7 Å². The van der Waals surface area contributed by atoms with E-state index < -0.39 is 5.91 Å². The van der Waals surface area contributed by atoms with Crippen LogP contribution in [0.1, 0.15) is 27.0 Å². The van der Waals surface area contributed by atoms with E-state index in [2.05, 4.69) is 44.5 Å². The van der Waals surface area contributed by atoms with Crippen molar-refractivity contribution in [1.29, 1.82) is 0 Å². The molecule has 1 aliphatic heterocycles. The van der Waals surface area contributed by atoms with Crippen molar-refractivity contribution >= 4 is 50.8 Å². The van der Waals surface area contributed by atoms with Gasteiger partial charge in [0.2, 0.25) is 5.91 Å². The van der Waals surface area contributed by atoms with Gasteiger partial charge in [-0.25, -0.2) is 4.98 Å². The minimum absolute atomic E-state index is 0.395. The number of H-pyrrole nitrogens is 1. The lowest BCUT2D eigenvalue weighted by Crippen LogP contribution is -2.36. The standard InChI is InChI=1S/C29H27ClN6O2/c30-22-3-1-2-19(11-22)14-32-26-17-33-25-5-4-18(12-24(25)27(26)36-6-8-38-9-7-36)10-20-15-34-29-23(20)13-21(16-35-29)28(31)37/h1-5,11-13,15-17,32H,6-10,14H2,(H2,31,37)(H,34,35). The second-order valence-electron chi connectivity index (χ2n) is 9.43. The van der Waals surface area contributed by atoms with Gasteiger partial charge in [-0.15, -0.1) is 0 Å². The Morgan fingerprint density at radius 1 is 1.05 bits per heavy atom. The molecule has 0 bridgehead atoms. The maximum atomic E-state index is 11.7. The molecular formula is C29H27ClN6O2. The number of halogens is 1. The van der Waals surface area contributed by atoms with Crippen LogP contribution in [0.3, 0.4) is 0 Å². The molecule has 2 aromatic carbocycles. The third kappa shape index (κ3) is 4.88. The molecule has 0 radical (unpaired) electrons. The van der Waals surface area contributed by atoms with Crippen LogP contribution in [0.5, 0.6) is 0 Å². The van der Waals surface area contributed by atoms with Crippen LogP contribution >= 0.6 is 11.6 Å². The zero-order valence-corrected chi connectivity index (χ0v) is 21.5. The number of pyridine rings is 2. The van der Waals surface area contributed by atoms with Crippen molar-refractivity contribution in [3.05, 3.63) is 94.4 Å². The number of nitrogens with zero attached hydrogens (tertiary/aromatic N) is 3. The molecule has 3 aromatic heterocycles. The molecule has 38 heavy (non-hydrogen) atoms. The molecule has 4 N–H and O–H groups in total. The lowest BCUT2D eigenvalue weighted by atomic mass is 10.0. The summed E-state index contributed by atoms with van der Waals surface area (Å²) >= 11 is 6.20. The monoisotopic (exact) mass is 526 g/mol. The number of benzene rings is 2. The Bertz CT molecular complexity index is 1640. The molecule has 9 heteroatoms. The second kappa shape index (κ2) is 10.3. The first-order valence-corrected chi connectivity index (χ1v) is 12.9. The van der Waals surface area contributed by atoms with E-state index in [1.54, 1.807) is 6.07 Å². The third-order valence-corrected chi connectivity index (χ3v) is 7.13. The Labute approximate surface area is 224 Å². The predicted octanol–water partition coefficient (Wildman–Crippen LogP) is 4.90. The van der Waals surface area contributed by atoms with Gasteiger partial charge < -0.3 is 25.7 Å². The highest BCUT2D eigenvalue weighted by Crippen LogP contribution is 2.35. The Hall–Kier alpha value is -4.14. The number of morpholine rings is 1. The van der Waals surface area contributed by atoms with Gasteiger partial charge in [0.15, 0.2) is 0 Å². The Balaban J connectivity index is 1.38. The molecule has 1 amide bonds. The van der Waals surface area contributed by atoms with Crippen molar-refractivity contribution < 1.29 is 9.53 Å². The largest absolute Gasteiger partial charge is 0.378 e. The fourth-order valence-electron chi connectivity index (χ4n) is 5.00. The number of amides is 1. The van der Waals surface area contributed by atoms with Gasteiger partial charge in [-0.1, -0.05) is 29.8 Å². The topological polar surface area (TPSA) is 109 Å². The normalized spacial score (nSPS) is 13.8. The Morgan fingerprint density at radius 2 is 1.92 bits per heavy atom. The van der Waals surface area contributed by atoms with Gasteiger partial charge >= 0.3 is 0 Å². The lowest BCUT2D eigenvalue weighted by Gasteiger charge is -2.31. The van der Waals surface area contributed by atoms with E-state index in [0.717, 1.165) is 68.1 Å². The molecule has 6 rings (SSSR count). The van der Waals surface area contributed by atoms with E-state index in [-0.39, 0.29) is 0 Å². The number of aromatic amines is 1. The molecule has 1 fully saturated rings. The number of carbonyl (C=O) groups is 1. The summed E-state index contributed by atoms with van der Waals surface area (Å²) in [6.07, 6.45) is 6.02. The van der Waals surface area contributed by atoms with Crippen LogP contribution < -0.4 is 16.0 Å². The van der Waals surface area contributed by atoms with Gasteiger partial charge in [0.05, 0.1) is 41.9 Å². The van der Waals surface area contributed by atoms with Crippen molar-refractivity contribution in [2.75, 3.05) is 36.5 Å². The quantitative estimate of drug-likeness (QED) is 0.278. The van der Waals surface area contributed by atoms with Crippen molar-refractivity contribution in [2.45, 2.75) is 13.0 Å². The molecule has 1 aliphatic rings. The van der Waals surface area contributed by atoms with E-state index in [9.17, 15) is 4.79 Å². The van der Waals surface area contributed by atoms with Crippen molar-refractivity contribution in [3.8, 4) is 0 Å². The minimum Gasteiger partial charge on any atom is -0.378 e. The number of aromatic nitrogens is 3. The van der Waals surface area contributed by atoms with Crippen LogP contribution in [0.2, 0.25) is 5.02 Å². The van der Waals surface area contributed by atoms with Gasteiger partial charge in [0.25, 0.3) is 0 Å². The van der Waals surface area contributed by atoms with Crippen molar-refractivity contribution in [2.24, 2.45) is 5.73 Å². The number of nitrogens with two attached hydrogens (primary N) is 1. The summed E-state index contributed by atoms with van der Waals surface area (Å²) < 4.78 is 5.64. The van der Waals surface area contributed by atoms with Gasteiger partial charge in [-0.2, -0.15) is 0 Å². The van der Waals surface area contributed by atoms with Crippen molar-refractivity contribution in [3.63, 3.8) is 0 Å². The highest BCUT2D eigenvalue weighted by molar-refractivity contribution is 6.30. The van der Waals surface area contributed by atoms with Crippen molar-refractivity contribution in [1.82, 2.24) is 15.0 Å². The zero-order chi connectivity index (χ0) is 26.1. The van der Waals surface area contributed by atoms with Crippen LogP contribution in [0.4, 0.5) is 11.4 Å². The number of hydrogen-bond donors (Lipinski definition) is 3. The average Bonchev–Trinajstić information content (AvgIpc) is 3.33. The summed E-state index contributed by atoms with van der Waals surface area (Å²) in [4.78, 5) is 26.4. The number of fused-ring (bicyclic) bond motifs is 2. The number of hydrogen-bond acceptors (Lipinski definition) is 6. The predicted molar refractivity (Wildman–Crippen MR) is 151 cm³/mol. The molecule has 0 atom stereocenters. The van der Waals surface area contributed by atoms with Crippen LogP contribution in [0.15, 0.2) is 67.1 Å². The molecule has 0 unspecified atom stereocenters. The average molecular weight is 527 g/mol. The smallest absolute Gasteiger partial charge is 0.250 e. The van der Waals surface area contributed by atoms with Gasteiger partial charge in [-0.3, -0.25) is 9.78 Å². The summed E-state index contributed by atoms with van der Waals surface area (Å²) in [6.45, 7) is 3.61. The lowest BCUT2D eigenvalue weighted by molar-refractivity contribution is 0.1000. The van der Waals surface area contributed by atoms with E-state index in [1.807, 2.05) is 30.6 Å². The summed E-state index contributed by atoms with van der Waals surface area (Å²) in [7, 11) is 0. The zero-order valence-electron chi connectivity index (χ0n) is 20.7. The molecule has 1 saturated heterocycles. The Morgan fingerprint density at radius 3 is 2.74 bits per heavy atom. The number of ether oxygens (including phenoxy) is 1. The highest BCUT2D eigenvalue weighted by atomic mass is 35.5. The second-order valence-corrected chi connectivity index (χ2v) is 9.87. The van der Waals surface area contributed by atoms with Gasteiger partial charge in [0, 0.05) is 47.8 Å². The number of carbonyl (C=O) groups excluding carboxylic acids is 1. The SMILES string of the molecule is NC(=O)c1cnc2[nH]cc(Cc3ccc4ncc(NCc5cccc(Cl)c5)c(N5CCOCC5)c4c3)c2c1. The van der Waals surface area contributed by atoms with Crippen LogP contribution in [-0.2, 0) is 17.7 Å². The van der Waals surface area contributed by atoms with Crippen LogP contribution in [-0.4, -0.2) is 47.2 Å². The molecule has 192 valence electrons. The van der Waals surface area contributed by atoms with Gasteiger partial charge in [0.1, 0.15) is 5.65 Å². The van der Waals surface area contributed by atoms with Crippen LogP contribution in [0, 0.1) is 0 Å². The third-order valence-electron chi connectivity index (χ3n) is 6.90. The maximum Gasteiger partial charge on any atom is 0.250 e. The molecule has 8 nitrogen and oxygen atoms in total. The number of rotatable bonds is 7. The van der Waals surface area contributed by atoms with E-state index >= 15 is 0 Å². The number of nitrogens with one attached hydrogen (secondary N) is 2. The van der Waals surface area contributed by atoms with Crippen LogP contribution in [0.25, 0.3) is 21.9 Å². The Kier molecular flexibility index (Phi) is 6.57. The molecule has 5 aromatic rings. The first kappa shape index (κ1) is 24.2. The molecule has 4 heterocycles. The minimum atomic E-state index is -0.490. The van der Waals surface area contributed by atoms with E-state index in [1.165, 1.54) is 6.20 Å². The fraction of sp³-hybridized carbons (Fsp3) is 0.207. The summed E-state index contributed by atoms with van der Waals surface area (Å²) in [5, 5.41) is 6.28. The molecular weight excluding hydrogens is 500 g/mol. The fourth-order valence-corrected chi connectivity index (χ4v) is 5.21. The van der Waals surface area contributed by atoms with E-state index in [4.69, 9.17) is 27.1 Å². The van der Waals surface area contributed by atoms with Gasteiger partial charge in [-0.05, 0) is 53.4 Å². The first-order valence-electron chi connectivity index (χ1n) is 12.5. The molecule has 0 saturated carbocycles. The summed E-state index contributed by atoms with van der Waals surface area (Å²) in [5.74, 6) is -0.490. The number of anilines is 2.